The van der Waals surface area contributed by atoms with Crippen LogP contribution in [0.1, 0.15) is 12.2 Å². The number of nitrogens with zero attached hydrogens (tertiary/aromatic N) is 4. The van der Waals surface area contributed by atoms with Gasteiger partial charge < -0.3 is 19.9 Å². The second-order valence-electron chi connectivity index (χ2n) is 7.53. The number of thiazole rings is 1. The summed E-state index contributed by atoms with van der Waals surface area (Å²) < 4.78 is 7.65. The first-order valence-corrected chi connectivity index (χ1v) is 11.0. The third-order valence-corrected chi connectivity index (χ3v) is 6.41. The van der Waals surface area contributed by atoms with E-state index in [0.717, 1.165) is 28.4 Å². The van der Waals surface area contributed by atoms with Gasteiger partial charge in [0.05, 0.1) is 23.4 Å². The molecule has 1 aromatic carbocycles. The molecular weight excluding hydrogens is 434 g/mol. The van der Waals surface area contributed by atoms with Crippen molar-refractivity contribution in [2.24, 2.45) is 7.05 Å². The lowest BCUT2D eigenvalue weighted by Gasteiger charge is -2.25. The molecule has 1 saturated heterocycles. The topological polar surface area (TPSA) is 138 Å². The van der Waals surface area contributed by atoms with Crippen molar-refractivity contribution in [3.8, 4) is 0 Å². The van der Waals surface area contributed by atoms with Gasteiger partial charge in [0.15, 0.2) is 10.8 Å². The lowest BCUT2D eigenvalue weighted by molar-refractivity contribution is -0.116. The maximum absolute atomic E-state index is 12.5. The van der Waals surface area contributed by atoms with Gasteiger partial charge >= 0.3 is 5.69 Å². The first-order chi connectivity index (χ1) is 15.5. The number of aromatic amines is 2. The standard InChI is InChI=1S/C20H21N7O4S/c1-26-17-16(18(29)25-19(26)30)23-14(24-17)4-5-15(28)21-11-2-3-12-13(10-11)32-20(22-12)27-6-8-31-9-7-27/h2-3,10H,4-9H2,1H3,(H,21,28)(H,23,24)(H,25,29,30). The van der Waals surface area contributed by atoms with Crippen LogP contribution in [0, 0.1) is 0 Å². The van der Waals surface area contributed by atoms with E-state index in [-0.39, 0.29) is 23.5 Å². The number of rotatable bonds is 5. The Labute approximate surface area is 185 Å². The van der Waals surface area contributed by atoms with Gasteiger partial charge in [0.1, 0.15) is 11.3 Å². The number of aromatic nitrogens is 5. The van der Waals surface area contributed by atoms with E-state index in [1.54, 1.807) is 11.3 Å². The molecule has 11 nitrogen and oxygen atoms in total. The molecule has 0 aliphatic carbocycles. The summed E-state index contributed by atoms with van der Waals surface area (Å²) >= 11 is 1.59. The Morgan fingerprint density at radius 3 is 2.84 bits per heavy atom. The number of H-pyrrole nitrogens is 2. The van der Waals surface area contributed by atoms with E-state index in [0.29, 0.717) is 31.1 Å². The molecule has 32 heavy (non-hydrogen) atoms. The van der Waals surface area contributed by atoms with E-state index in [1.807, 2.05) is 18.2 Å². The monoisotopic (exact) mass is 455 g/mol. The molecule has 0 bridgehead atoms. The van der Waals surface area contributed by atoms with E-state index < -0.39 is 11.2 Å². The van der Waals surface area contributed by atoms with Crippen molar-refractivity contribution < 1.29 is 9.53 Å². The van der Waals surface area contributed by atoms with Gasteiger partial charge in [0.25, 0.3) is 5.56 Å². The van der Waals surface area contributed by atoms with Gasteiger partial charge in [-0.15, -0.1) is 0 Å². The molecule has 0 atom stereocenters. The lowest BCUT2D eigenvalue weighted by Crippen LogP contribution is -2.36. The Hall–Kier alpha value is -3.51. The molecule has 1 aliphatic heterocycles. The quantitative estimate of drug-likeness (QED) is 0.408. The average Bonchev–Trinajstić information content (AvgIpc) is 3.41. The number of amides is 1. The number of benzene rings is 1. The molecule has 5 rings (SSSR count). The second-order valence-corrected chi connectivity index (χ2v) is 8.54. The van der Waals surface area contributed by atoms with E-state index >= 15 is 0 Å². The SMILES string of the molecule is Cn1c(=O)[nH]c(=O)c2[nH]c(CCC(=O)Nc3ccc4nc(N5CCOCC5)sc4c3)nc21. The summed E-state index contributed by atoms with van der Waals surface area (Å²) in [5, 5.41) is 3.86. The van der Waals surface area contributed by atoms with Crippen molar-refractivity contribution >= 4 is 49.4 Å². The van der Waals surface area contributed by atoms with E-state index in [1.165, 1.54) is 11.6 Å². The molecule has 1 amide bonds. The van der Waals surface area contributed by atoms with Crippen LogP contribution in [0.4, 0.5) is 10.8 Å². The molecule has 12 heteroatoms. The number of hydrogen-bond donors (Lipinski definition) is 3. The third kappa shape index (κ3) is 3.89. The number of imidazole rings is 1. The largest absolute Gasteiger partial charge is 0.378 e. The summed E-state index contributed by atoms with van der Waals surface area (Å²) in [6.07, 6.45) is 0.476. The average molecular weight is 456 g/mol. The van der Waals surface area contributed by atoms with Crippen LogP contribution < -0.4 is 21.5 Å². The first kappa shape index (κ1) is 20.4. The number of hydrogen-bond acceptors (Lipinski definition) is 8. The van der Waals surface area contributed by atoms with Crippen LogP contribution in [-0.4, -0.2) is 56.7 Å². The van der Waals surface area contributed by atoms with Crippen LogP contribution >= 0.6 is 11.3 Å². The Morgan fingerprint density at radius 1 is 1.22 bits per heavy atom. The van der Waals surface area contributed by atoms with E-state index in [9.17, 15) is 14.4 Å². The Morgan fingerprint density at radius 2 is 2.03 bits per heavy atom. The van der Waals surface area contributed by atoms with Crippen molar-refractivity contribution in [3.05, 3.63) is 44.9 Å². The van der Waals surface area contributed by atoms with Crippen LogP contribution in [-0.2, 0) is 23.0 Å². The zero-order valence-corrected chi connectivity index (χ0v) is 18.1. The number of aryl methyl sites for hydroxylation is 2. The molecule has 166 valence electrons. The third-order valence-electron chi connectivity index (χ3n) is 5.33. The summed E-state index contributed by atoms with van der Waals surface area (Å²) in [7, 11) is 1.53. The molecule has 0 spiro atoms. The van der Waals surface area contributed by atoms with Crippen molar-refractivity contribution in [2.75, 3.05) is 36.5 Å². The van der Waals surface area contributed by atoms with Crippen LogP contribution in [0.5, 0.6) is 0 Å². The van der Waals surface area contributed by atoms with Gasteiger partial charge in [0.2, 0.25) is 5.91 Å². The van der Waals surface area contributed by atoms with Crippen LogP contribution in [0.15, 0.2) is 27.8 Å². The van der Waals surface area contributed by atoms with Crippen LogP contribution in [0.3, 0.4) is 0 Å². The Kier molecular flexibility index (Phi) is 5.23. The summed E-state index contributed by atoms with van der Waals surface area (Å²) in [6, 6.07) is 5.66. The molecule has 4 aromatic rings. The number of fused-ring (bicyclic) bond motifs is 2. The van der Waals surface area contributed by atoms with Gasteiger partial charge in [-0.25, -0.2) is 14.8 Å². The minimum Gasteiger partial charge on any atom is -0.378 e. The predicted molar refractivity (Wildman–Crippen MR) is 122 cm³/mol. The minimum absolute atomic E-state index is 0.172. The number of ether oxygens (including phenoxy) is 1. The summed E-state index contributed by atoms with van der Waals surface area (Å²) in [6.45, 7) is 3.05. The smallest absolute Gasteiger partial charge is 0.329 e. The van der Waals surface area contributed by atoms with E-state index in [2.05, 4.69) is 30.2 Å². The maximum Gasteiger partial charge on any atom is 0.329 e. The maximum atomic E-state index is 12.5. The molecular formula is C20H21N7O4S. The molecule has 3 aromatic heterocycles. The first-order valence-electron chi connectivity index (χ1n) is 10.2. The highest BCUT2D eigenvalue weighted by atomic mass is 32.1. The molecule has 0 unspecified atom stereocenters. The van der Waals surface area contributed by atoms with E-state index in [4.69, 9.17) is 4.74 Å². The fourth-order valence-corrected chi connectivity index (χ4v) is 4.66. The molecule has 3 N–H and O–H groups in total. The van der Waals surface area contributed by atoms with Gasteiger partial charge in [-0.3, -0.25) is 19.1 Å². The molecule has 0 saturated carbocycles. The fourth-order valence-electron chi connectivity index (χ4n) is 3.61. The number of morpholine rings is 1. The minimum atomic E-state index is -0.534. The van der Waals surface area contributed by atoms with Crippen LogP contribution in [0.2, 0.25) is 0 Å². The Balaban J connectivity index is 1.26. The predicted octanol–water partition coefficient (Wildman–Crippen LogP) is 0.967. The second kappa shape index (κ2) is 8.20. The zero-order valence-electron chi connectivity index (χ0n) is 17.3. The molecule has 0 radical (unpaired) electrons. The summed E-state index contributed by atoms with van der Waals surface area (Å²) in [5.41, 5.74) is 1.01. The summed E-state index contributed by atoms with van der Waals surface area (Å²) in [4.78, 5) is 52.4. The normalized spacial score (nSPS) is 14.3. The number of nitrogens with one attached hydrogen (secondary N) is 3. The van der Waals surface area contributed by atoms with Gasteiger partial charge in [-0.05, 0) is 18.2 Å². The molecule has 1 fully saturated rings. The summed E-state index contributed by atoms with van der Waals surface area (Å²) in [5.74, 6) is 0.292. The van der Waals surface area contributed by atoms with Crippen molar-refractivity contribution in [3.63, 3.8) is 0 Å². The van der Waals surface area contributed by atoms with Crippen molar-refractivity contribution in [1.82, 2.24) is 24.5 Å². The highest BCUT2D eigenvalue weighted by Crippen LogP contribution is 2.31. The number of anilines is 2. The highest BCUT2D eigenvalue weighted by molar-refractivity contribution is 7.22. The zero-order chi connectivity index (χ0) is 22.2. The van der Waals surface area contributed by atoms with Gasteiger partial charge in [-0.1, -0.05) is 11.3 Å². The molecule has 1 aliphatic rings. The molecule has 4 heterocycles. The van der Waals surface area contributed by atoms with Crippen molar-refractivity contribution in [1.29, 1.82) is 0 Å². The Bertz CT molecular complexity index is 1430. The van der Waals surface area contributed by atoms with Crippen molar-refractivity contribution in [2.45, 2.75) is 12.8 Å². The van der Waals surface area contributed by atoms with Gasteiger partial charge in [-0.2, -0.15) is 0 Å². The number of carbonyl (C=O) groups excluding carboxylic acids is 1. The fraction of sp³-hybridized carbons (Fsp3) is 0.350. The lowest BCUT2D eigenvalue weighted by atomic mass is 10.2. The number of carbonyl (C=O) groups is 1. The van der Waals surface area contributed by atoms with Crippen LogP contribution in [0.25, 0.3) is 21.4 Å². The van der Waals surface area contributed by atoms with Gasteiger partial charge in [0, 0.05) is 38.7 Å². The highest BCUT2D eigenvalue weighted by Gasteiger charge is 2.16.